The van der Waals surface area contributed by atoms with Crippen LogP contribution < -0.4 is 0 Å². The minimum atomic E-state index is -1.01. The van der Waals surface area contributed by atoms with Gasteiger partial charge in [-0.1, -0.05) is 0 Å². The van der Waals surface area contributed by atoms with Crippen LogP contribution in [-0.4, -0.2) is 25.8 Å². The Bertz CT molecular complexity index is 519. The Morgan fingerprint density at radius 2 is 2.25 bits per heavy atom. The van der Waals surface area contributed by atoms with E-state index in [4.69, 9.17) is 5.11 Å². The molecule has 0 aliphatic rings. The number of aromatic carboxylic acids is 1. The summed E-state index contributed by atoms with van der Waals surface area (Å²) in [4.78, 5) is 14.5. The lowest BCUT2D eigenvalue weighted by Gasteiger charge is -2.04. The second-order valence-electron chi connectivity index (χ2n) is 3.48. The zero-order valence-electron chi connectivity index (χ0n) is 8.79. The van der Waals surface area contributed by atoms with Gasteiger partial charge in [-0.15, -0.1) is 0 Å². The standard InChI is InChI=1S/C11H11N3O2/c1-8-2-5-13-14(8)7-9-3-4-12-10(6-9)11(15)16/h2-6H,7H2,1H3,(H,15,16). The van der Waals surface area contributed by atoms with E-state index < -0.39 is 5.97 Å². The van der Waals surface area contributed by atoms with Crippen molar-refractivity contribution in [2.75, 3.05) is 0 Å². The van der Waals surface area contributed by atoms with Crippen molar-refractivity contribution in [3.8, 4) is 0 Å². The van der Waals surface area contributed by atoms with Crippen LogP contribution in [0.15, 0.2) is 30.6 Å². The van der Waals surface area contributed by atoms with Gasteiger partial charge in [0.15, 0.2) is 0 Å². The third-order valence-corrected chi connectivity index (χ3v) is 2.30. The first kappa shape index (κ1) is 10.4. The Kier molecular flexibility index (Phi) is 2.68. The second-order valence-corrected chi connectivity index (χ2v) is 3.48. The van der Waals surface area contributed by atoms with Gasteiger partial charge < -0.3 is 5.11 Å². The molecule has 1 N–H and O–H groups in total. The Morgan fingerprint density at radius 3 is 2.88 bits per heavy atom. The van der Waals surface area contributed by atoms with Crippen molar-refractivity contribution in [1.82, 2.24) is 14.8 Å². The summed E-state index contributed by atoms with van der Waals surface area (Å²) >= 11 is 0. The number of rotatable bonds is 3. The van der Waals surface area contributed by atoms with Crippen molar-refractivity contribution in [2.45, 2.75) is 13.5 Å². The molecule has 82 valence electrons. The van der Waals surface area contributed by atoms with Gasteiger partial charge in [-0.3, -0.25) is 4.68 Å². The lowest BCUT2D eigenvalue weighted by atomic mass is 10.2. The summed E-state index contributed by atoms with van der Waals surface area (Å²) in [6.07, 6.45) is 3.21. The zero-order valence-corrected chi connectivity index (χ0v) is 8.79. The number of carboxylic acids is 1. The minimum absolute atomic E-state index is 0.0577. The molecule has 0 aromatic carbocycles. The normalized spacial score (nSPS) is 10.3. The van der Waals surface area contributed by atoms with Gasteiger partial charge in [0.05, 0.1) is 6.54 Å². The van der Waals surface area contributed by atoms with Crippen LogP contribution >= 0.6 is 0 Å². The molecule has 0 radical (unpaired) electrons. The quantitative estimate of drug-likeness (QED) is 0.842. The van der Waals surface area contributed by atoms with Crippen LogP contribution in [-0.2, 0) is 6.54 Å². The third-order valence-electron chi connectivity index (χ3n) is 2.30. The summed E-state index contributed by atoms with van der Waals surface area (Å²) < 4.78 is 1.81. The average Bonchev–Trinajstić information content (AvgIpc) is 2.65. The van der Waals surface area contributed by atoms with Gasteiger partial charge in [-0.25, -0.2) is 9.78 Å². The van der Waals surface area contributed by atoms with Gasteiger partial charge in [0, 0.05) is 18.1 Å². The van der Waals surface area contributed by atoms with E-state index >= 15 is 0 Å². The van der Waals surface area contributed by atoms with Crippen molar-refractivity contribution < 1.29 is 9.90 Å². The highest BCUT2D eigenvalue weighted by Crippen LogP contribution is 2.06. The zero-order chi connectivity index (χ0) is 11.5. The summed E-state index contributed by atoms with van der Waals surface area (Å²) in [6.45, 7) is 2.51. The predicted molar refractivity (Wildman–Crippen MR) is 57.3 cm³/mol. The Balaban J connectivity index is 2.25. The highest BCUT2D eigenvalue weighted by atomic mass is 16.4. The Morgan fingerprint density at radius 1 is 1.44 bits per heavy atom. The average molecular weight is 217 g/mol. The van der Waals surface area contributed by atoms with E-state index in [1.54, 1.807) is 23.0 Å². The number of pyridine rings is 1. The highest BCUT2D eigenvalue weighted by Gasteiger charge is 2.06. The van der Waals surface area contributed by atoms with Crippen LogP contribution in [0.25, 0.3) is 0 Å². The first-order valence-corrected chi connectivity index (χ1v) is 4.83. The molecule has 0 saturated heterocycles. The van der Waals surface area contributed by atoms with Crippen LogP contribution in [0.3, 0.4) is 0 Å². The Labute approximate surface area is 92.4 Å². The number of carboxylic acid groups (broad SMARTS) is 1. The molecule has 0 saturated carbocycles. The minimum Gasteiger partial charge on any atom is -0.477 e. The summed E-state index contributed by atoms with van der Waals surface area (Å²) in [5.41, 5.74) is 1.97. The monoisotopic (exact) mass is 217 g/mol. The summed E-state index contributed by atoms with van der Waals surface area (Å²) in [5.74, 6) is -1.01. The third kappa shape index (κ3) is 2.08. The van der Waals surface area contributed by atoms with E-state index in [9.17, 15) is 4.79 Å². The van der Waals surface area contributed by atoms with Crippen molar-refractivity contribution in [2.24, 2.45) is 0 Å². The van der Waals surface area contributed by atoms with E-state index in [2.05, 4.69) is 10.1 Å². The van der Waals surface area contributed by atoms with Crippen LogP contribution in [0.5, 0.6) is 0 Å². The van der Waals surface area contributed by atoms with Gasteiger partial charge in [-0.2, -0.15) is 5.10 Å². The van der Waals surface area contributed by atoms with E-state index in [0.29, 0.717) is 6.54 Å². The predicted octanol–water partition coefficient (Wildman–Crippen LogP) is 1.33. The smallest absolute Gasteiger partial charge is 0.354 e. The number of aryl methyl sites for hydroxylation is 1. The van der Waals surface area contributed by atoms with Gasteiger partial charge in [0.2, 0.25) is 0 Å². The topological polar surface area (TPSA) is 68.0 Å². The molecule has 0 spiro atoms. The maximum absolute atomic E-state index is 10.7. The Hall–Kier alpha value is -2.17. The molecule has 16 heavy (non-hydrogen) atoms. The van der Waals surface area contributed by atoms with Gasteiger partial charge in [0.25, 0.3) is 0 Å². The highest BCUT2D eigenvalue weighted by molar-refractivity contribution is 5.85. The largest absolute Gasteiger partial charge is 0.477 e. The second kappa shape index (κ2) is 4.14. The number of carbonyl (C=O) groups is 1. The van der Waals surface area contributed by atoms with Crippen molar-refractivity contribution >= 4 is 5.97 Å². The van der Waals surface area contributed by atoms with Crippen molar-refractivity contribution in [3.05, 3.63) is 47.5 Å². The molecular weight excluding hydrogens is 206 g/mol. The molecule has 0 unspecified atom stereocenters. The van der Waals surface area contributed by atoms with E-state index in [1.165, 1.54) is 6.20 Å². The number of hydrogen-bond acceptors (Lipinski definition) is 3. The van der Waals surface area contributed by atoms with E-state index in [-0.39, 0.29) is 5.69 Å². The molecule has 2 rings (SSSR count). The fourth-order valence-corrected chi connectivity index (χ4v) is 1.43. The molecule has 2 heterocycles. The maximum atomic E-state index is 10.7. The molecule has 0 atom stereocenters. The van der Waals surface area contributed by atoms with Crippen LogP contribution in [0.1, 0.15) is 21.7 Å². The van der Waals surface area contributed by atoms with Crippen molar-refractivity contribution in [1.29, 1.82) is 0 Å². The summed E-state index contributed by atoms with van der Waals surface area (Å²) in [6, 6.07) is 5.25. The van der Waals surface area contributed by atoms with E-state index in [1.807, 2.05) is 13.0 Å². The van der Waals surface area contributed by atoms with Gasteiger partial charge >= 0.3 is 5.97 Å². The van der Waals surface area contributed by atoms with Gasteiger partial charge in [0.1, 0.15) is 5.69 Å². The molecule has 0 aliphatic carbocycles. The molecule has 5 heteroatoms. The SMILES string of the molecule is Cc1ccnn1Cc1ccnc(C(=O)O)c1. The number of nitrogens with zero attached hydrogens (tertiary/aromatic N) is 3. The number of hydrogen-bond donors (Lipinski definition) is 1. The lowest BCUT2D eigenvalue weighted by Crippen LogP contribution is -2.06. The molecule has 0 amide bonds. The van der Waals surface area contributed by atoms with E-state index in [0.717, 1.165) is 11.3 Å². The summed E-state index contributed by atoms with van der Waals surface area (Å²) in [5, 5.41) is 12.9. The molecule has 2 aromatic heterocycles. The molecular formula is C11H11N3O2. The van der Waals surface area contributed by atoms with Crippen LogP contribution in [0.4, 0.5) is 0 Å². The fourth-order valence-electron chi connectivity index (χ4n) is 1.43. The number of aromatic nitrogens is 3. The van der Waals surface area contributed by atoms with Crippen LogP contribution in [0, 0.1) is 6.92 Å². The fraction of sp³-hybridized carbons (Fsp3) is 0.182. The maximum Gasteiger partial charge on any atom is 0.354 e. The lowest BCUT2D eigenvalue weighted by molar-refractivity contribution is 0.0690. The van der Waals surface area contributed by atoms with Gasteiger partial charge in [-0.05, 0) is 30.7 Å². The molecule has 5 nitrogen and oxygen atoms in total. The first-order chi connectivity index (χ1) is 7.66. The van der Waals surface area contributed by atoms with Crippen LogP contribution in [0.2, 0.25) is 0 Å². The van der Waals surface area contributed by atoms with Crippen molar-refractivity contribution in [3.63, 3.8) is 0 Å². The molecule has 0 aliphatic heterocycles. The summed E-state index contributed by atoms with van der Waals surface area (Å²) in [7, 11) is 0. The first-order valence-electron chi connectivity index (χ1n) is 4.83. The molecule has 2 aromatic rings. The molecule has 0 fully saturated rings. The molecule has 0 bridgehead atoms.